The maximum atomic E-state index is 13.8. The molecule has 4 unspecified atom stereocenters. The van der Waals surface area contributed by atoms with Gasteiger partial charge in [-0.05, 0) is 47.7 Å². The molecule has 2 amide bonds. The molecule has 1 saturated heterocycles. The van der Waals surface area contributed by atoms with Gasteiger partial charge in [-0.15, -0.1) is 0 Å². The van der Waals surface area contributed by atoms with Crippen molar-refractivity contribution in [2.75, 3.05) is 19.4 Å². The molecule has 2 aliphatic rings. The Labute approximate surface area is 193 Å². The van der Waals surface area contributed by atoms with Gasteiger partial charge in [-0.1, -0.05) is 55.2 Å². The summed E-state index contributed by atoms with van der Waals surface area (Å²) in [4.78, 5) is 28.7. The van der Waals surface area contributed by atoms with Gasteiger partial charge in [-0.3, -0.25) is 9.59 Å². The summed E-state index contributed by atoms with van der Waals surface area (Å²) in [5, 5.41) is 7.80. The Bertz CT molecular complexity index is 1020. The van der Waals surface area contributed by atoms with E-state index in [-0.39, 0.29) is 17.9 Å². The number of rotatable bonds is 4. The SMILES string of the molecule is CC(C)CC1NC(C(=O)N(C)C)C(c2ccc(Cl)cc2)C12C(=O)Nc1cc(Cl)ccc12. The van der Waals surface area contributed by atoms with Crippen LogP contribution in [0.3, 0.4) is 0 Å². The van der Waals surface area contributed by atoms with E-state index in [9.17, 15) is 9.59 Å². The molecule has 4 rings (SSSR count). The maximum absolute atomic E-state index is 13.8. The van der Waals surface area contributed by atoms with Gasteiger partial charge in [0.25, 0.3) is 0 Å². The van der Waals surface area contributed by atoms with E-state index in [4.69, 9.17) is 23.2 Å². The van der Waals surface area contributed by atoms with Crippen LogP contribution < -0.4 is 10.6 Å². The number of benzene rings is 2. The number of hydrogen-bond acceptors (Lipinski definition) is 3. The van der Waals surface area contributed by atoms with E-state index in [0.717, 1.165) is 17.5 Å². The first-order valence-corrected chi connectivity index (χ1v) is 11.3. The molecular weight excluding hydrogens is 433 g/mol. The smallest absolute Gasteiger partial charge is 0.239 e. The van der Waals surface area contributed by atoms with E-state index in [2.05, 4.69) is 24.5 Å². The minimum atomic E-state index is -0.936. The highest BCUT2D eigenvalue weighted by Gasteiger charge is 2.65. The lowest BCUT2D eigenvalue weighted by Crippen LogP contribution is -2.48. The Balaban J connectivity index is 1.98. The molecule has 164 valence electrons. The average Bonchev–Trinajstić information content (AvgIpc) is 3.17. The van der Waals surface area contributed by atoms with Crippen LogP contribution in [0.5, 0.6) is 0 Å². The molecule has 1 fully saturated rings. The molecule has 2 N–H and O–H groups in total. The molecule has 5 nitrogen and oxygen atoms in total. The number of carbonyl (C=O) groups is 2. The summed E-state index contributed by atoms with van der Waals surface area (Å²) < 4.78 is 0. The van der Waals surface area contributed by atoms with Crippen molar-refractivity contribution in [1.82, 2.24) is 10.2 Å². The second kappa shape index (κ2) is 8.12. The van der Waals surface area contributed by atoms with E-state index in [1.165, 1.54) is 0 Å². The molecule has 0 bridgehead atoms. The monoisotopic (exact) mass is 459 g/mol. The summed E-state index contributed by atoms with van der Waals surface area (Å²) in [7, 11) is 3.49. The summed E-state index contributed by atoms with van der Waals surface area (Å²) in [5.74, 6) is -0.221. The fourth-order valence-corrected chi connectivity index (χ4v) is 5.55. The number of nitrogens with one attached hydrogen (secondary N) is 2. The zero-order valence-corrected chi connectivity index (χ0v) is 19.6. The van der Waals surface area contributed by atoms with E-state index in [1.54, 1.807) is 25.1 Å². The molecule has 7 heteroatoms. The quantitative estimate of drug-likeness (QED) is 0.709. The molecule has 2 aromatic carbocycles. The lowest BCUT2D eigenvalue weighted by molar-refractivity contribution is -0.131. The zero-order chi connectivity index (χ0) is 22.5. The van der Waals surface area contributed by atoms with Gasteiger partial charge >= 0.3 is 0 Å². The van der Waals surface area contributed by atoms with Crippen molar-refractivity contribution in [3.63, 3.8) is 0 Å². The number of anilines is 1. The maximum Gasteiger partial charge on any atom is 0.239 e. The average molecular weight is 460 g/mol. The van der Waals surface area contributed by atoms with Gasteiger partial charge in [0, 0.05) is 41.8 Å². The highest BCUT2D eigenvalue weighted by Crippen LogP contribution is 2.56. The lowest BCUT2D eigenvalue weighted by Gasteiger charge is -2.36. The Morgan fingerprint density at radius 3 is 2.35 bits per heavy atom. The molecule has 2 aromatic rings. The number of amides is 2. The van der Waals surface area contributed by atoms with Crippen LogP contribution in [0.2, 0.25) is 10.0 Å². The van der Waals surface area contributed by atoms with Gasteiger partial charge in [-0.25, -0.2) is 0 Å². The van der Waals surface area contributed by atoms with Crippen molar-refractivity contribution in [3.05, 3.63) is 63.6 Å². The van der Waals surface area contributed by atoms with Crippen molar-refractivity contribution >= 4 is 40.7 Å². The molecule has 4 atom stereocenters. The fourth-order valence-electron chi connectivity index (χ4n) is 5.25. The third kappa shape index (κ3) is 3.53. The van der Waals surface area contributed by atoms with Crippen LogP contribution >= 0.6 is 23.2 Å². The van der Waals surface area contributed by atoms with E-state index >= 15 is 0 Å². The van der Waals surface area contributed by atoms with Crippen LogP contribution in [0.4, 0.5) is 5.69 Å². The third-order valence-electron chi connectivity index (χ3n) is 6.45. The molecule has 0 saturated carbocycles. The van der Waals surface area contributed by atoms with Gasteiger partial charge in [0.1, 0.15) is 5.41 Å². The first kappa shape index (κ1) is 22.1. The van der Waals surface area contributed by atoms with Crippen molar-refractivity contribution in [2.45, 2.75) is 43.7 Å². The number of carbonyl (C=O) groups excluding carboxylic acids is 2. The molecular formula is C24H27Cl2N3O2. The van der Waals surface area contributed by atoms with E-state index in [1.807, 2.05) is 36.4 Å². The van der Waals surface area contributed by atoms with Gasteiger partial charge in [0.15, 0.2) is 0 Å². The number of fused-ring (bicyclic) bond motifs is 2. The first-order chi connectivity index (χ1) is 14.7. The molecule has 31 heavy (non-hydrogen) atoms. The predicted molar refractivity (Wildman–Crippen MR) is 125 cm³/mol. The van der Waals surface area contributed by atoms with Crippen molar-refractivity contribution in [3.8, 4) is 0 Å². The molecule has 0 radical (unpaired) electrons. The normalized spacial score (nSPS) is 26.9. The molecule has 2 aliphatic heterocycles. The topological polar surface area (TPSA) is 61.4 Å². The highest BCUT2D eigenvalue weighted by atomic mass is 35.5. The molecule has 2 heterocycles. The van der Waals surface area contributed by atoms with Gasteiger partial charge in [0.2, 0.25) is 11.8 Å². The summed E-state index contributed by atoms with van der Waals surface area (Å²) in [6, 6.07) is 12.2. The zero-order valence-electron chi connectivity index (χ0n) is 18.1. The second-order valence-electron chi connectivity index (χ2n) is 9.10. The Kier molecular flexibility index (Phi) is 5.80. The van der Waals surface area contributed by atoms with Crippen molar-refractivity contribution in [2.24, 2.45) is 5.92 Å². The summed E-state index contributed by atoms with van der Waals surface area (Å²) in [6.45, 7) is 4.26. The number of nitrogens with zero attached hydrogens (tertiary/aromatic N) is 1. The second-order valence-corrected chi connectivity index (χ2v) is 9.97. The Morgan fingerprint density at radius 1 is 1.10 bits per heavy atom. The van der Waals surface area contributed by atoms with Crippen molar-refractivity contribution < 1.29 is 9.59 Å². The Morgan fingerprint density at radius 2 is 1.74 bits per heavy atom. The molecule has 0 aromatic heterocycles. The van der Waals surface area contributed by atoms with Gasteiger partial charge < -0.3 is 15.5 Å². The fraction of sp³-hybridized carbons (Fsp3) is 0.417. The molecule has 1 spiro atoms. The third-order valence-corrected chi connectivity index (χ3v) is 6.94. The van der Waals surface area contributed by atoms with E-state index in [0.29, 0.717) is 21.7 Å². The van der Waals surface area contributed by atoms with Crippen LogP contribution in [-0.4, -0.2) is 42.9 Å². The van der Waals surface area contributed by atoms with Gasteiger partial charge in [0.05, 0.1) is 6.04 Å². The number of hydrogen-bond donors (Lipinski definition) is 2. The molecule has 0 aliphatic carbocycles. The predicted octanol–water partition coefficient (Wildman–Crippen LogP) is 4.44. The van der Waals surface area contributed by atoms with Crippen LogP contribution in [0.1, 0.15) is 37.3 Å². The van der Waals surface area contributed by atoms with E-state index < -0.39 is 17.4 Å². The standard InChI is InChI=1S/C24H27Cl2N3O2/c1-13(2)11-19-24(17-10-9-16(26)12-18(17)27-23(24)31)20(14-5-7-15(25)8-6-14)21(28-19)22(30)29(3)4/h5-10,12-13,19-21,28H,11H2,1-4H3,(H,27,31). The minimum absolute atomic E-state index is 0.0548. The van der Waals surface area contributed by atoms with Crippen molar-refractivity contribution in [1.29, 1.82) is 0 Å². The van der Waals surface area contributed by atoms with Crippen LogP contribution in [0.25, 0.3) is 0 Å². The summed E-state index contributed by atoms with van der Waals surface area (Å²) in [6.07, 6.45) is 0.747. The Hall–Kier alpha value is -2.08. The largest absolute Gasteiger partial charge is 0.347 e. The summed E-state index contributed by atoms with van der Waals surface area (Å²) in [5.41, 5.74) is 1.56. The van der Waals surface area contributed by atoms with Crippen LogP contribution in [0.15, 0.2) is 42.5 Å². The first-order valence-electron chi connectivity index (χ1n) is 10.5. The highest BCUT2D eigenvalue weighted by molar-refractivity contribution is 6.31. The lowest BCUT2D eigenvalue weighted by atomic mass is 9.63. The summed E-state index contributed by atoms with van der Waals surface area (Å²) >= 11 is 12.4. The number of likely N-dealkylation sites (N-methyl/N-ethyl adjacent to an activating group) is 1. The van der Waals surface area contributed by atoms with Crippen LogP contribution in [-0.2, 0) is 15.0 Å². The minimum Gasteiger partial charge on any atom is -0.347 e. The van der Waals surface area contributed by atoms with Crippen LogP contribution in [0, 0.1) is 5.92 Å². The van der Waals surface area contributed by atoms with Gasteiger partial charge in [-0.2, -0.15) is 0 Å². The number of halogens is 2.